The fraction of sp³-hybridized carbons (Fsp3) is 0.810. The average molecular weight is 300 g/mol. The Balaban J connectivity index is 1.62. The molecule has 122 valence electrons. The van der Waals surface area contributed by atoms with Gasteiger partial charge in [-0.15, -0.1) is 6.58 Å². The monoisotopic (exact) mass is 300 g/mol. The molecule has 0 aromatic rings. The Hall–Kier alpha value is -0.560. The van der Waals surface area contributed by atoms with E-state index in [0.717, 1.165) is 36.5 Å². The summed E-state index contributed by atoms with van der Waals surface area (Å²) in [4.78, 5) is 0. The molecule has 6 atom stereocenters. The zero-order chi connectivity index (χ0) is 15.4. The third-order valence-electron chi connectivity index (χ3n) is 8.18. The largest absolute Gasteiger partial charge is 0.389 e. The second-order valence-electron chi connectivity index (χ2n) is 8.81. The molecule has 0 spiro atoms. The third-order valence-corrected chi connectivity index (χ3v) is 8.18. The Morgan fingerprint density at radius 1 is 1.23 bits per heavy atom. The van der Waals surface area contributed by atoms with Crippen molar-refractivity contribution in [1.29, 1.82) is 0 Å². The number of allylic oxidation sites excluding steroid dienone is 2. The van der Waals surface area contributed by atoms with E-state index in [-0.39, 0.29) is 5.41 Å². The van der Waals surface area contributed by atoms with Crippen molar-refractivity contribution in [3.63, 3.8) is 0 Å². The van der Waals surface area contributed by atoms with E-state index in [9.17, 15) is 5.11 Å². The van der Waals surface area contributed by atoms with E-state index in [4.69, 9.17) is 0 Å². The molecule has 0 aromatic carbocycles. The average Bonchev–Trinajstić information content (AvgIpc) is 2.79. The van der Waals surface area contributed by atoms with Crippen LogP contribution in [0.25, 0.3) is 0 Å². The highest BCUT2D eigenvalue weighted by atomic mass is 16.3. The van der Waals surface area contributed by atoms with E-state index in [1.807, 2.05) is 6.08 Å². The Bertz CT molecular complexity index is 492. The number of aliphatic hydroxyl groups is 1. The lowest BCUT2D eigenvalue weighted by atomic mass is 9.50. The van der Waals surface area contributed by atoms with Gasteiger partial charge in [0.25, 0.3) is 0 Å². The minimum Gasteiger partial charge on any atom is -0.389 e. The maximum absolute atomic E-state index is 11.3. The fourth-order valence-corrected chi connectivity index (χ4v) is 6.99. The van der Waals surface area contributed by atoms with Crippen molar-refractivity contribution in [2.75, 3.05) is 0 Å². The predicted octanol–water partition coefficient (Wildman–Crippen LogP) is 5.26. The molecule has 1 nitrogen and oxygen atoms in total. The third kappa shape index (κ3) is 1.94. The first-order chi connectivity index (χ1) is 10.6. The molecule has 0 bridgehead atoms. The molecule has 0 aromatic heterocycles. The molecule has 0 amide bonds. The van der Waals surface area contributed by atoms with E-state index >= 15 is 0 Å². The van der Waals surface area contributed by atoms with Gasteiger partial charge in [-0.3, -0.25) is 0 Å². The lowest BCUT2D eigenvalue weighted by Crippen LogP contribution is -2.52. The minimum atomic E-state index is -0.479. The summed E-state index contributed by atoms with van der Waals surface area (Å²) in [5.41, 5.74) is 1.46. The van der Waals surface area contributed by atoms with Crippen LogP contribution in [0.2, 0.25) is 0 Å². The molecule has 4 rings (SSSR count). The van der Waals surface area contributed by atoms with Gasteiger partial charge < -0.3 is 5.11 Å². The molecule has 0 heterocycles. The summed E-state index contributed by atoms with van der Waals surface area (Å²) in [5.74, 6) is 3.44. The first-order valence-corrected chi connectivity index (χ1v) is 9.61. The molecule has 4 unspecified atom stereocenters. The van der Waals surface area contributed by atoms with Crippen molar-refractivity contribution in [1.82, 2.24) is 0 Å². The number of fused-ring (bicyclic) bond motifs is 5. The van der Waals surface area contributed by atoms with E-state index in [1.54, 1.807) is 5.57 Å². The SMILES string of the molecule is C=CC[C@]1(O)CCC2C3CCC4=CCCCC4C3CC[C@@]21C. The fourth-order valence-electron chi connectivity index (χ4n) is 6.99. The molecular formula is C21H32O. The van der Waals surface area contributed by atoms with Gasteiger partial charge in [-0.1, -0.05) is 24.6 Å². The van der Waals surface area contributed by atoms with Gasteiger partial charge in [-0.05, 0) is 93.3 Å². The molecule has 0 radical (unpaired) electrons. The molecule has 4 aliphatic rings. The second kappa shape index (κ2) is 5.23. The van der Waals surface area contributed by atoms with Crippen molar-refractivity contribution in [2.24, 2.45) is 29.1 Å². The van der Waals surface area contributed by atoms with E-state index in [0.29, 0.717) is 0 Å². The van der Waals surface area contributed by atoms with Gasteiger partial charge in [0.1, 0.15) is 0 Å². The molecule has 3 saturated carbocycles. The number of hydrogen-bond donors (Lipinski definition) is 1. The summed E-state index contributed by atoms with van der Waals surface area (Å²) < 4.78 is 0. The van der Waals surface area contributed by atoms with Crippen LogP contribution in [0.1, 0.15) is 71.1 Å². The van der Waals surface area contributed by atoms with E-state index in [2.05, 4.69) is 19.6 Å². The summed E-state index contributed by atoms with van der Waals surface area (Å²) in [6, 6.07) is 0. The van der Waals surface area contributed by atoms with Crippen molar-refractivity contribution in [3.05, 3.63) is 24.3 Å². The van der Waals surface area contributed by atoms with Crippen molar-refractivity contribution >= 4 is 0 Å². The first kappa shape index (κ1) is 15.0. The molecular weight excluding hydrogens is 268 g/mol. The van der Waals surface area contributed by atoms with Crippen LogP contribution in [0.15, 0.2) is 24.3 Å². The normalized spacial score (nSPS) is 50.5. The van der Waals surface area contributed by atoms with Crippen LogP contribution in [0.5, 0.6) is 0 Å². The summed E-state index contributed by atoms with van der Waals surface area (Å²) >= 11 is 0. The smallest absolute Gasteiger partial charge is 0.0738 e. The van der Waals surface area contributed by atoms with Gasteiger partial charge in [0.2, 0.25) is 0 Å². The Labute approximate surface area is 135 Å². The lowest BCUT2D eigenvalue weighted by Gasteiger charge is -2.55. The maximum atomic E-state index is 11.3. The summed E-state index contributed by atoms with van der Waals surface area (Å²) in [6.07, 6.45) is 17.0. The Morgan fingerprint density at radius 3 is 2.91 bits per heavy atom. The summed E-state index contributed by atoms with van der Waals surface area (Å²) in [6.45, 7) is 6.31. The zero-order valence-electron chi connectivity index (χ0n) is 14.2. The minimum absolute atomic E-state index is 0.137. The summed E-state index contributed by atoms with van der Waals surface area (Å²) in [7, 11) is 0. The molecule has 4 aliphatic carbocycles. The van der Waals surface area contributed by atoms with Gasteiger partial charge in [0.15, 0.2) is 0 Å². The highest BCUT2D eigenvalue weighted by Crippen LogP contribution is 2.65. The van der Waals surface area contributed by atoms with Gasteiger partial charge in [-0.25, -0.2) is 0 Å². The topological polar surface area (TPSA) is 20.2 Å². The second-order valence-corrected chi connectivity index (χ2v) is 8.81. The van der Waals surface area contributed by atoms with Crippen LogP contribution in [0.3, 0.4) is 0 Å². The predicted molar refractivity (Wildman–Crippen MR) is 91.5 cm³/mol. The zero-order valence-corrected chi connectivity index (χ0v) is 14.2. The number of hydrogen-bond acceptors (Lipinski definition) is 1. The van der Waals surface area contributed by atoms with Crippen molar-refractivity contribution in [2.45, 2.75) is 76.7 Å². The van der Waals surface area contributed by atoms with Crippen molar-refractivity contribution < 1.29 is 5.11 Å². The van der Waals surface area contributed by atoms with E-state index < -0.39 is 5.60 Å². The highest BCUT2D eigenvalue weighted by Gasteiger charge is 2.61. The lowest BCUT2D eigenvalue weighted by molar-refractivity contribution is -0.115. The highest BCUT2D eigenvalue weighted by molar-refractivity contribution is 5.20. The van der Waals surface area contributed by atoms with Gasteiger partial charge in [0, 0.05) is 0 Å². The quantitative estimate of drug-likeness (QED) is 0.690. The van der Waals surface area contributed by atoms with Crippen LogP contribution in [-0.2, 0) is 0 Å². The Kier molecular flexibility index (Phi) is 3.56. The van der Waals surface area contributed by atoms with Gasteiger partial charge in [0.05, 0.1) is 5.60 Å². The van der Waals surface area contributed by atoms with Crippen LogP contribution in [0.4, 0.5) is 0 Å². The van der Waals surface area contributed by atoms with Crippen LogP contribution in [-0.4, -0.2) is 10.7 Å². The van der Waals surface area contributed by atoms with Crippen molar-refractivity contribution in [3.8, 4) is 0 Å². The molecule has 0 aliphatic heterocycles. The standard InChI is InChI=1S/C21H32O/c1-3-12-21(22)14-11-19-18-9-8-15-6-4-5-7-16(15)17(18)10-13-20(19,21)2/h3,6,16-19,22H,1,4-5,7-14H2,2H3/t16?,17?,18?,19?,20-,21-/m0/s1. The molecule has 1 N–H and O–H groups in total. The summed E-state index contributed by atoms with van der Waals surface area (Å²) in [5, 5.41) is 11.3. The van der Waals surface area contributed by atoms with Gasteiger partial charge >= 0.3 is 0 Å². The Morgan fingerprint density at radius 2 is 2.09 bits per heavy atom. The molecule has 22 heavy (non-hydrogen) atoms. The van der Waals surface area contributed by atoms with Crippen LogP contribution >= 0.6 is 0 Å². The van der Waals surface area contributed by atoms with E-state index in [1.165, 1.54) is 51.4 Å². The molecule has 3 fully saturated rings. The van der Waals surface area contributed by atoms with Crippen LogP contribution in [0, 0.1) is 29.1 Å². The first-order valence-electron chi connectivity index (χ1n) is 9.61. The molecule has 0 saturated heterocycles. The van der Waals surface area contributed by atoms with Crippen LogP contribution < -0.4 is 0 Å². The number of rotatable bonds is 2. The maximum Gasteiger partial charge on any atom is 0.0738 e. The van der Waals surface area contributed by atoms with Gasteiger partial charge in [-0.2, -0.15) is 0 Å². The molecule has 1 heteroatoms.